The molecule has 1 saturated heterocycles. The van der Waals surface area contributed by atoms with Gasteiger partial charge in [0, 0.05) is 44.4 Å². The number of nitrogens with zero attached hydrogens (tertiary/aromatic N) is 2. The summed E-state index contributed by atoms with van der Waals surface area (Å²) in [5.41, 5.74) is 2.74. The molecule has 6 nitrogen and oxygen atoms in total. The molecule has 2 aromatic carbocycles. The number of hydrogen-bond acceptors (Lipinski definition) is 5. The summed E-state index contributed by atoms with van der Waals surface area (Å²) >= 11 is 6.33. The van der Waals surface area contributed by atoms with E-state index in [4.69, 9.17) is 25.8 Å². The Kier molecular flexibility index (Phi) is 6.11. The Morgan fingerprint density at radius 3 is 2.55 bits per heavy atom. The second kappa shape index (κ2) is 8.93. The molecule has 7 heteroatoms. The molecule has 2 aliphatic rings. The third-order valence-electron chi connectivity index (χ3n) is 5.13. The van der Waals surface area contributed by atoms with Gasteiger partial charge in [0.05, 0.1) is 31.5 Å². The highest BCUT2D eigenvalue weighted by Gasteiger charge is 2.20. The average Bonchev–Trinajstić information content (AvgIpc) is 3.00. The third kappa shape index (κ3) is 4.60. The molecule has 0 radical (unpaired) electrons. The van der Waals surface area contributed by atoms with Gasteiger partial charge in [-0.25, -0.2) is 0 Å². The Balaban J connectivity index is 1.44. The molecule has 0 saturated carbocycles. The lowest BCUT2D eigenvalue weighted by atomic mass is 10.1. The van der Waals surface area contributed by atoms with E-state index in [9.17, 15) is 4.79 Å². The Bertz CT molecular complexity index is 866. The molecule has 1 fully saturated rings. The topological polar surface area (TPSA) is 51.2 Å². The van der Waals surface area contributed by atoms with Crippen LogP contribution in [0.2, 0.25) is 5.02 Å². The number of hydrogen-bond donors (Lipinski definition) is 0. The van der Waals surface area contributed by atoms with Gasteiger partial charge < -0.3 is 24.0 Å². The summed E-state index contributed by atoms with van der Waals surface area (Å²) in [6.07, 6.45) is 0.786. The highest BCUT2D eigenvalue weighted by atomic mass is 35.5. The zero-order valence-corrected chi connectivity index (χ0v) is 17.3. The molecule has 0 bridgehead atoms. The number of amides is 1. The van der Waals surface area contributed by atoms with Crippen molar-refractivity contribution >= 4 is 23.2 Å². The maximum Gasteiger partial charge on any atom is 0.254 e. The van der Waals surface area contributed by atoms with Gasteiger partial charge in [0.1, 0.15) is 0 Å². The van der Waals surface area contributed by atoms with Crippen molar-refractivity contribution in [1.29, 1.82) is 0 Å². The monoisotopic (exact) mass is 416 g/mol. The fraction of sp³-hybridized carbons (Fsp3) is 0.409. The van der Waals surface area contributed by atoms with Gasteiger partial charge >= 0.3 is 0 Å². The second-order valence-corrected chi connectivity index (χ2v) is 7.67. The second-order valence-electron chi connectivity index (χ2n) is 7.26. The molecule has 0 unspecified atom stereocenters. The molecule has 0 aromatic heterocycles. The summed E-state index contributed by atoms with van der Waals surface area (Å²) in [7, 11) is 1.79. The molecular formula is C22H25ClN2O4. The minimum absolute atomic E-state index is 0.111. The van der Waals surface area contributed by atoms with Crippen molar-refractivity contribution in [3.63, 3.8) is 0 Å². The Morgan fingerprint density at radius 1 is 1.07 bits per heavy atom. The zero-order chi connectivity index (χ0) is 20.2. The first kappa shape index (κ1) is 19.9. The molecule has 2 aromatic rings. The van der Waals surface area contributed by atoms with Crippen molar-refractivity contribution in [2.45, 2.75) is 13.0 Å². The highest BCUT2D eigenvalue weighted by Crippen LogP contribution is 2.38. The van der Waals surface area contributed by atoms with Crippen LogP contribution in [0.1, 0.15) is 22.3 Å². The summed E-state index contributed by atoms with van der Waals surface area (Å²) in [5, 5.41) is 0.399. The van der Waals surface area contributed by atoms with E-state index in [-0.39, 0.29) is 5.91 Å². The number of carbonyl (C=O) groups excluding carboxylic acids is 1. The number of halogens is 1. The summed E-state index contributed by atoms with van der Waals surface area (Å²) in [6, 6.07) is 11.7. The van der Waals surface area contributed by atoms with Crippen LogP contribution in [-0.4, -0.2) is 57.4 Å². The first-order chi connectivity index (χ1) is 14.1. The number of rotatable bonds is 4. The Morgan fingerprint density at radius 2 is 1.79 bits per heavy atom. The van der Waals surface area contributed by atoms with Crippen LogP contribution in [0.5, 0.6) is 11.5 Å². The van der Waals surface area contributed by atoms with Crippen molar-refractivity contribution in [2.24, 2.45) is 0 Å². The molecule has 0 atom stereocenters. The molecule has 4 rings (SSSR count). The van der Waals surface area contributed by atoms with E-state index in [1.165, 1.54) is 5.69 Å². The fourth-order valence-electron chi connectivity index (χ4n) is 3.55. The van der Waals surface area contributed by atoms with E-state index in [0.29, 0.717) is 41.8 Å². The van der Waals surface area contributed by atoms with Gasteiger partial charge in [0.15, 0.2) is 11.5 Å². The van der Waals surface area contributed by atoms with Crippen molar-refractivity contribution in [1.82, 2.24) is 4.90 Å². The summed E-state index contributed by atoms with van der Waals surface area (Å²) < 4.78 is 16.7. The van der Waals surface area contributed by atoms with E-state index < -0.39 is 0 Å². The van der Waals surface area contributed by atoms with Crippen LogP contribution in [0.15, 0.2) is 36.4 Å². The number of carbonyl (C=O) groups is 1. The predicted octanol–water partition coefficient (Wildman–Crippen LogP) is 3.61. The molecule has 154 valence electrons. The van der Waals surface area contributed by atoms with E-state index >= 15 is 0 Å². The van der Waals surface area contributed by atoms with Gasteiger partial charge in [-0.1, -0.05) is 23.7 Å². The average molecular weight is 417 g/mol. The predicted molar refractivity (Wildman–Crippen MR) is 112 cm³/mol. The lowest BCUT2D eigenvalue weighted by Crippen LogP contribution is -2.36. The van der Waals surface area contributed by atoms with Gasteiger partial charge in [0.2, 0.25) is 0 Å². The lowest BCUT2D eigenvalue weighted by molar-refractivity contribution is 0.0784. The maximum atomic E-state index is 12.9. The van der Waals surface area contributed by atoms with Gasteiger partial charge in [-0.2, -0.15) is 0 Å². The van der Waals surface area contributed by atoms with E-state index in [1.54, 1.807) is 24.1 Å². The maximum absolute atomic E-state index is 12.9. The fourth-order valence-corrected chi connectivity index (χ4v) is 3.82. The van der Waals surface area contributed by atoms with Crippen molar-refractivity contribution in [3.8, 4) is 11.5 Å². The van der Waals surface area contributed by atoms with Crippen LogP contribution in [-0.2, 0) is 11.3 Å². The van der Waals surface area contributed by atoms with Gasteiger partial charge in [-0.05, 0) is 29.8 Å². The van der Waals surface area contributed by atoms with Gasteiger partial charge in [-0.15, -0.1) is 0 Å². The lowest BCUT2D eigenvalue weighted by Gasteiger charge is -2.29. The van der Waals surface area contributed by atoms with E-state index in [0.717, 1.165) is 38.3 Å². The number of anilines is 1. The Labute approximate surface area is 175 Å². The number of ether oxygens (including phenoxy) is 3. The third-order valence-corrected chi connectivity index (χ3v) is 5.41. The Hall–Kier alpha value is -2.44. The summed E-state index contributed by atoms with van der Waals surface area (Å²) in [4.78, 5) is 16.9. The molecule has 2 aliphatic heterocycles. The molecule has 0 spiro atoms. The molecule has 0 N–H and O–H groups in total. The first-order valence-corrected chi connectivity index (χ1v) is 10.3. The zero-order valence-electron chi connectivity index (χ0n) is 16.5. The molecule has 1 amide bonds. The van der Waals surface area contributed by atoms with E-state index in [2.05, 4.69) is 29.2 Å². The van der Waals surface area contributed by atoms with Gasteiger partial charge in [0.25, 0.3) is 5.91 Å². The number of morpholine rings is 1. The normalized spacial score (nSPS) is 16.3. The quantitative estimate of drug-likeness (QED) is 0.762. The number of benzene rings is 2. The minimum atomic E-state index is -0.111. The van der Waals surface area contributed by atoms with Crippen LogP contribution in [0.4, 0.5) is 5.69 Å². The largest absolute Gasteiger partial charge is 0.489 e. The van der Waals surface area contributed by atoms with E-state index in [1.807, 2.05) is 0 Å². The minimum Gasteiger partial charge on any atom is -0.489 e. The van der Waals surface area contributed by atoms with Crippen LogP contribution in [0, 0.1) is 0 Å². The van der Waals surface area contributed by atoms with Crippen LogP contribution in [0.3, 0.4) is 0 Å². The van der Waals surface area contributed by atoms with Crippen molar-refractivity contribution in [3.05, 3.63) is 52.5 Å². The van der Waals surface area contributed by atoms with Crippen molar-refractivity contribution in [2.75, 3.05) is 51.5 Å². The SMILES string of the molecule is CN(Cc1ccc(N2CCOCC2)cc1)C(=O)c1cc(Cl)c2c(c1)OCCCO2. The standard InChI is InChI=1S/C22H25ClN2O4/c1-24(15-16-3-5-18(6-4-16)25-7-11-27-12-8-25)22(26)17-13-19(23)21-20(14-17)28-9-2-10-29-21/h3-6,13-14H,2,7-12,15H2,1H3. The smallest absolute Gasteiger partial charge is 0.254 e. The van der Waals surface area contributed by atoms with Crippen LogP contribution in [0.25, 0.3) is 0 Å². The number of fused-ring (bicyclic) bond motifs is 1. The van der Waals surface area contributed by atoms with Crippen molar-refractivity contribution < 1.29 is 19.0 Å². The molecular weight excluding hydrogens is 392 g/mol. The first-order valence-electron chi connectivity index (χ1n) is 9.88. The molecule has 0 aliphatic carbocycles. The molecule has 29 heavy (non-hydrogen) atoms. The molecule has 2 heterocycles. The van der Waals surface area contributed by atoms with Gasteiger partial charge in [-0.3, -0.25) is 4.79 Å². The summed E-state index contributed by atoms with van der Waals surface area (Å²) in [5.74, 6) is 0.934. The summed E-state index contributed by atoms with van der Waals surface area (Å²) in [6.45, 7) is 4.94. The van der Waals surface area contributed by atoms with Crippen LogP contribution >= 0.6 is 11.6 Å². The van der Waals surface area contributed by atoms with Crippen LogP contribution < -0.4 is 14.4 Å². The highest BCUT2D eigenvalue weighted by molar-refractivity contribution is 6.32.